The van der Waals surface area contributed by atoms with Crippen molar-refractivity contribution in [2.45, 2.75) is 27.7 Å². The molecular formula is C34H30O6S2. The van der Waals surface area contributed by atoms with Crippen molar-refractivity contribution in [1.82, 2.24) is 0 Å². The molecular weight excluding hydrogens is 569 g/mol. The predicted molar refractivity (Wildman–Crippen MR) is 176 cm³/mol. The van der Waals surface area contributed by atoms with Crippen LogP contribution in [0.5, 0.6) is 23.0 Å². The minimum Gasteiger partial charge on any atom is -0.497 e. The highest BCUT2D eigenvalue weighted by atomic mass is 32.1. The zero-order valence-electron chi connectivity index (χ0n) is 24.3. The Morgan fingerprint density at radius 1 is 0.571 bits per heavy atom. The average Bonchev–Trinajstić information content (AvgIpc) is 3.70. The summed E-state index contributed by atoms with van der Waals surface area (Å²) >= 11 is 2.89. The maximum Gasteiger partial charge on any atom is 0.204 e. The fourth-order valence-electron chi connectivity index (χ4n) is 5.81. The van der Waals surface area contributed by atoms with E-state index in [0.29, 0.717) is 56.4 Å². The monoisotopic (exact) mass is 598 g/mol. The Kier molecular flexibility index (Phi) is 6.33. The Bertz CT molecular complexity index is 2120. The second-order valence-electron chi connectivity index (χ2n) is 11.6. The highest BCUT2D eigenvalue weighted by molar-refractivity contribution is 7.28. The fourth-order valence-corrected chi connectivity index (χ4v) is 8.35. The Morgan fingerprint density at radius 2 is 0.976 bits per heavy atom. The molecule has 8 heteroatoms. The molecule has 42 heavy (non-hydrogen) atoms. The molecule has 214 valence electrons. The Balaban J connectivity index is 1.70. The molecule has 0 N–H and O–H groups in total. The molecule has 0 aliphatic carbocycles. The van der Waals surface area contributed by atoms with E-state index in [1.165, 1.54) is 22.7 Å². The first-order valence-electron chi connectivity index (χ1n) is 14.0. The molecule has 0 aliphatic rings. The van der Waals surface area contributed by atoms with Crippen LogP contribution in [-0.2, 0) is 0 Å². The van der Waals surface area contributed by atoms with Crippen molar-refractivity contribution in [3.63, 3.8) is 0 Å². The number of thiophene rings is 2. The van der Waals surface area contributed by atoms with E-state index in [-0.39, 0.29) is 22.7 Å². The number of ether oxygens (including phenoxy) is 4. The number of benzene rings is 3. The van der Waals surface area contributed by atoms with Gasteiger partial charge < -0.3 is 18.9 Å². The quantitative estimate of drug-likeness (QED) is 0.175. The van der Waals surface area contributed by atoms with Gasteiger partial charge in [-0.1, -0.05) is 27.7 Å². The van der Waals surface area contributed by atoms with Crippen LogP contribution in [0.25, 0.3) is 61.9 Å². The molecule has 0 spiro atoms. The van der Waals surface area contributed by atoms with E-state index in [0.717, 1.165) is 41.7 Å². The van der Waals surface area contributed by atoms with Crippen LogP contribution in [0.3, 0.4) is 0 Å². The lowest BCUT2D eigenvalue weighted by Crippen LogP contribution is -2.07. The second-order valence-corrected chi connectivity index (χ2v) is 13.6. The fraction of sp³-hybridized carbons (Fsp3) is 0.294. The van der Waals surface area contributed by atoms with Crippen LogP contribution in [0.4, 0.5) is 0 Å². The first-order chi connectivity index (χ1) is 20.2. The number of hydrogen-bond donors (Lipinski definition) is 0. The molecule has 2 heterocycles. The molecule has 0 saturated heterocycles. The summed E-state index contributed by atoms with van der Waals surface area (Å²) < 4.78 is 27.2. The summed E-state index contributed by atoms with van der Waals surface area (Å²) in [6.07, 6.45) is 0. The molecule has 6 nitrogen and oxygen atoms in total. The molecule has 7 aromatic rings. The molecule has 0 amide bonds. The number of fused-ring (bicyclic) bond motifs is 10. The highest BCUT2D eigenvalue weighted by Crippen LogP contribution is 2.56. The van der Waals surface area contributed by atoms with Gasteiger partial charge in [0.05, 0.1) is 46.2 Å². The van der Waals surface area contributed by atoms with Crippen LogP contribution < -0.4 is 29.8 Å². The van der Waals surface area contributed by atoms with Crippen LogP contribution in [0, 0.1) is 11.8 Å². The van der Waals surface area contributed by atoms with Gasteiger partial charge in [-0.25, -0.2) is 0 Å². The molecule has 0 fully saturated rings. The molecule has 5 aromatic carbocycles. The van der Waals surface area contributed by atoms with Crippen molar-refractivity contribution in [3.05, 3.63) is 56.8 Å². The number of methoxy groups -OCH3 is 2. The molecule has 2 aromatic heterocycles. The highest BCUT2D eigenvalue weighted by Gasteiger charge is 2.30. The van der Waals surface area contributed by atoms with Gasteiger partial charge in [0.2, 0.25) is 10.9 Å². The van der Waals surface area contributed by atoms with E-state index < -0.39 is 0 Å². The first-order valence-corrected chi connectivity index (χ1v) is 15.7. The summed E-state index contributed by atoms with van der Waals surface area (Å²) in [4.78, 5) is 27.6. The Hall–Kier alpha value is -3.88. The van der Waals surface area contributed by atoms with E-state index in [9.17, 15) is 9.59 Å². The zero-order valence-corrected chi connectivity index (χ0v) is 25.9. The molecule has 0 aliphatic heterocycles. The molecule has 0 radical (unpaired) electrons. The second kappa shape index (κ2) is 9.85. The van der Waals surface area contributed by atoms with Gasteiger partial charge in [-0.2, -0.15) is 0 Å². The molecule has 0 bridgehead atoms. The molecule has 0 atom stereocenters. The number of hydrogen-bond acceptors (Lipinski definition) is 8. The van der Waals surface area contributed by atoms with Crippen molar-refractivity contribution >= 4 is 84.6 Å². The van der Waals surface area contributed by atoms with Crippen molar-refractivity contribution in [1.29, 1.82) is 0 Å². The Labute approximate surface area is 249 Å². The Morgan fingerprint density at radius 3 is 1.33 bits per heavy atom. The summed E-state index contributed by atoms with van der Waals surface area (Å²) in [6.45, 7) is 9.43. The first kappa shape index (κ1) is 27.0. The van der Waals surface area contributed by atoms with Gasteiger partial charge in [0, 0.05) is 32.3 Å². The third kappa shape index (κ3) is 3.81. The standard InChI is InChI=1S/C34H30O6S2/c1-15(2)13-39-29-25-23-19-9-7-17(37-5)11-21(19)27(35)31(23)42-34(25)30(40-14-16(3)4)26-24-20-10-8-18(38-6)12-22(20)28(36)32(24)41-33(26)29/h7-12,15-16H,13-14H2,1-6H3. The summed E-state index contributed by atoms with van der Waals surface area (Å²) in [6, 6.07) is 11.3. The lowest BCUT2D eigenvalue weighted by Gasteiger charge is -2.16. The summed E-state index contributed by atoms with van der Waals surface area (Å²) in [5, 5.41) is 6.48. The predicted octanol–water partition coefficient (Wildman–Crippen LogP) is 8.41. The van der Waals surface area contributed by atoms with Crippen LogP contribution in [-0.4, -0.2) is 27.4 Å². The van der Waals surface area contributed by atoms with Crippen molar-refractivity contribution < 1.29 is 18.9 Å². The van der Waals surface area contributed by atoms with Gasteiger partial charge in [0.1, 0.15) is 23.0 Å². The van der Waals surface area contributed by atoms with Crippen LogP contribution in [0.15, 0.2) is 46.0 Å². The topological polar surface area (TPSA) is 71.1 Å². The van der Waals surface area contributed by atoms with Gasteiger partial charge in [-0.05, 0) is 59.0 Å². The zero-order chi connectivity index (χ0) is 29.4. The van der Waals surface area contributed by atoms with Crippen LogP contribution >= 0.6 is 22.7 Å². The van der Waals surface area contributed by atoms with Gasteiger partial charge >= 0.3 is 0 Å². The summed E-state index contributed by atoms with van der Waals surface area (Å²) in [5.41, 5.74) is -0.0446. The van der Waals surface area contributed by atoms with Crippen molar-refractivity contribution in [2.24, 2.45) is 11.8 Å². The van der Waals surface area contributed by atoms with Crippen LogP contribution in [0.1, 0.15) is 27.7 Å². The van der Waals surface area contributed by atoms with E-state index in [4.69, 9.17) is 18.9 Å². The van der Waals surface area contributed by atoms with Gasteiger partial charge in [0.25, 0.3) is 0 Å². The molecule has 0 saturated carbocycles. The third-order valence-corrected chi connectivity index (χ3v) is 10.1. The van der Waals surface area contributed by atoms with Crippen molar-refractivity contribution in [2.75, 3.05) is 27.4 Å². The van der Waals surface area contributed by atoms with Crippen LogP contribution in [0.2, 0.25) is 0 Å². The minimum atomic E-state index is -0.0223. The van der Waals surface area contributed by atoms with E-state index in [1.54, 1.807) is 14.2 Å². The largest absolute Gasteiger partial charge is 0.497 e. The normalized spacial score (nSPS) is 12.4. The minimum absolute atomic E-state index is 0.0223. The third-order valence-electron chi connectivity index (χ3n) is 7.70. The lowest BCUT2D eigenvalue weighted by molar-refractivity contribution is 0.273. The van der Waals surface area contributed by atoms with Gasteiger partial charge in [-0.15, -0.1) is 22.7 Å². The maximum absolute atomic E-state index is 13.8. The van der Waals surface area contributed by atoms with E-state index >= 15 is 0 Å². The van der Waals surface area contributed by atoms with E-state index in [2.05, 4.69) is 27.7 Å². The maximum atomic E-state index is 13.8. The summed E-state index contributed by atoms with van der Waals surface area (Å²) in [7, 11) is 3.20. The molecule has 0 unspecified atom stereocenters. The summed E-state index contributed by atoms with van der Waals surface area (Å²) in [5.74, 6) is 3.26. The smallest absolute Gasteiger partial charge is 0.204 e. The van der Waals surface area contributed by atoms with Crippen molar-refractivity contribution in [3.8, 4) is 23.0 Å². The SMILES string of the molecule is COc1ccc2c(c1)c(=O)c1sc3c(OCC(C)C)c4c(sc5c(=O)c6cc(OC)ccc6c54)c(OCC(C)C)c3c12. The van der Waals surface area contributed by atoms with E-state index in [1.807, 2.05) is 36.4 Å². The van der Waals surface area contributed by atoms with Gasteiger partial charge in [0.15, 0.2) is 0 Å². The number of rotatable bonds is 8. The molecule has 7 rings (SSSR count). The lowest BCUT2D eigenvalue weighted by atomic mass is 10.0. The van der Waals surface area contributed by atoms with Gasteiger partial charge in [-0.3, -0.25) is 9.59 Å². The average molecular weight is 599 g/mol.